The van der Waals surface area contributed by atoms with Gasteiger partial charge in [0.05, 0.1) is 23.4 Å². The van der Waals surface area contributed by atoms with Gasteiger partial charge in [-0.15, -0.1) is 0 Å². The van der Waals surface area contributed by atoms with E-state index in [1.54, 1.807) is 6.20 Å². The summed E-state index contributed by atoms with van der Waals surface area (Å²) < 4.78 is 31.2. The summed E-state index contributed by atoms with van der Waals surface area (Å²) >= 11 is 6.13. The van der Waals surface area contributed by atoms with Crippen molar-refractivity contribution in [2.45, 2.75) is 51.7 Å². The number of hydrogen-bond donors (Lipinski definition) is 2. The van der Waals surface area contributed by atoms with Crippen LogP contribution in [0.25, 0.3) is 10.9 Å². The number of ketones is 1. The number of benzene rings is 1. The van der Waals surface area contributed by atoms with Crippen LogP contribution in [0.4, 0.5) is 18.9 Å². The van der Waals surface area contributed by atoms with Crippen LogP contribution in [-0.4, -0.2) is 65.5 Å². The van der Waals surface area contributed by atoms with Gasteiger partial charge in [-0.25, -0.2) is 0 Å². The Labute approximate surface area is 202 Å². The number of aldehydes is 1. The van der Waals surface area contributed by atoms with E-state index < -0.39 is 12.5 Å². The number of aromatic nitrogens is 1. The molecule has 2 aromatic rings. The molecule has 1 heterocycles. The summed E-state index contributed by atoms with van der Waals surface area (Å²) in [6.45, 7) is 7.08. The topological polar surface area (TPSA) is 82.5 Å². The van der Waals surface area contributed by atoms with Gasteiger partial charge in [0.15, 0.2) is 5.78 Å². The summed E-state index contributed by atoms with van der Waals surface area (Å²) in [5.41, 5.74) is 2.38. The molecule has 1 saturated carbocycles. The van der Waals surface area contributed by atoms with Gasteiger partial charge in [-0.2, -0.15) is 13.2 Å². The number of halogens is 4. The molecule has 1 fully saturated rings. The van der Waals surface area contributed by atoms with E-state index in [0.29, 0.717) is 17.1 Å². The number of rotatable bonds is 11. The molecule has 1 aliphatic carbocycles. The molecular formula is C24H31ClF3N3O3. The first kappa shape index (κ1) is 28.0. The molecule has 6 nitrogen and oxygen atoms in total. The number of carbonyl (C=O) groups excluding carboxylic acids is 2. The SMILES string of the molecule is CCN(CCO)CCCC(C)Nc1c(C(=O)C2CC2)cnc2cc(Cl)ccc12.O=CC(F)(F)F. The van der Waals surface area contributed by atoms with Gasteiger partial charge in [0.25, 0.3) is 0 Å². The maximum Gasteiger partial charge on any atom is 0.446 e. The minimum atomic E-state index is -4.64. The third-order valence-corrected chi connectivity index (χ3v) is 5.78. The molecule has 0 aliphatic heterocycles. The predicted molar refractivity (Wildman–Crippen MR) is 127 cm³/mol. The van der Waals surface area contributed by atoms with Gasteiger partial charge in [0, 0.05) is 35.1 Å². The highest BCUT2D eigenvalue weighted by molar-refractivity contribution is 6.31. The highest BCUT2D eigenvalue weighted by Gasteiger charge is 2.32. The monoisotopic (exact) mass is 501 g/mol. The van der Waals surface area contributed by atoms with Gasteiger partial charge in [0.1, 0.15) is 0 Å². The molecule has 2 N–H and O–H groups in total. The Bertz CT molecular complexity index is 968. The van der Waals surface area contributed by atoms with Crippen LogP contribution < -0.4 is 5.32 Å². The molecule has 0 radical (unpaired) electrons. The number of anilines is 1. The number of aliphatic hydroxyl groups excluding tert-OH is 1. The van der Waals surface area contributed by atoms with Crippen LogP contribution in [0.5, 0.6) is 0 Å². The number of aliphatic hydroxyl groups is 1. The summed E-state index contributed by atoms with van der Waals surface area (Å²) in [6.07, 6.45) is -0.0328. The van der Waals surface area contributed by atoms with Crippen molar-refractivity contribution < 1.29 is 27.9 Å². The van der Waals surface area contributed by atoms with Crippen molar-refractivity contribution in [3.05, 3.63) is 35.0 Å². The van der Waals surface area contributed by atoms with Crippen molar-refractivity contribution in [3.8, 4) is 0 Å². The Balaban J connectivity index is 0.000000604. The lowest BCUT2D eigenvalue weighted by atomic mass is 10.0. The molecule has 0 amide bonds. The summed E-state index contributed by atoms with van der Waals surface area (Å²) in [7, 11) is 0. The van der Waals surface area contributed by atoms with E-state index in [9.17, 15) is 18.0 Å². The lowest BCUT2D eigenvalue weighted by Gasteiger charge is -2.22. The lowest BCUT2D eigenvalue weighted by molar-refractivity contribution is -0.156. The number of Topliss-reactive ketones (excluding diaryl/α,β-unsaturated/α-hetero) is 1. The van der Waals surface area contributed by atoms with E-state index >= 15 is 0 Å². The molecule has 0 spiro atoms. The third-order valence-electron chi connectivity index (χ3n) is 5.54. The van der Waals surface area contributed by atoms with E-state index in [1.165, 1.54) is 0 Å². The average molecular weight is 502 g/mol. The molecule has 34 heavy (non-hydrogen) atoms. The molecule has 0 saturated heterocycles. The second-order valence-electron chi connectivity index (χ2n) is 8.35. The number of carbonyl (C=O) groups is 2. The number of pyridine rings is 1. The van der Waals surface area contributed by atoms with Crippen LogP contribution in [0.2, 0.25) is 5.02 Å². The number of alkyl halides is 3. The van der Waals surface area contributed by atoms with Gasteiger partial charge < -0.3 is 15.3 Å². The standard InChI is InChI=1S/C22H30ClN3O2.C2HF3O/c1-3-26(11-12-27)10-4-5-15(2)25-21-18-9-8-17(23)13-20(18)24-14-19(21)22(28)16-6-7-16;3-2(4,5)1-6/h8-9,13-16,27H,3-7,10-12H2,1-2H3,(H,24,25);1H. The molecule has 188 valence electrons. The summed E-state index contributed by atoms with van der Waals surface area (Å²) in [5, 5.41) is 14.3. The molecule has 1 atom stereocenters. The first-order valence-corrected chi connectivity index (χ1v) is 11.7. The van der Waals surface area contributed by atoms with Crippen LogP contribution in [0, 0.1) is 5.92 Å². The Morgan fingerprint density at radius 3 is 2.59 bits per heavy atom. The molecule has 1 unspecified atom stereocenters. The quantitative estimate of drug-likeness (QED) is 0.328. The van der Waals surface area contributed by atoms with Gasteiger partial charge in [-0.3, -0.25) is 14.6 Å². The van der Waals surface area contributed by atoms with Crippen molar-refractivity contribution in [2.75, 3.05) is 31.6 Å². The van der Waals surface area contributed by atoms with Gasteiger partial charge in [-0.1, -0.05) is 18.5 Å². The minimum absolute atomic E-state index is 0.152. The van der Waals surface area contributed by atoms with Crippen LogP contribution in [0.1, 0.15) is 49.9 Å². The van der Waals surface area contributed by atoms with Crippen molar-refractivity contribution >= 4 is 40.3 Å². The van der Waals surface area contributed by atoms with Crippen LogP contribution >= 0.6 is 11.6 Å². The molecule has 10 heteroatoms. The molecular weight excluding hydrogens is 471 g/mol. The predicted octanol–water partition coefficient (Wildman–Crippen LogP) is 5.12. The smallest absolute Gasteiger partial charge is 0.395 e. The number of fused-ring (bicyclic) bond motifs is 1. The van der Waals surface area contributed by atoms with Gasteiger partial charge >= 0.3 is 6.18 Å². The Kier molecular flexibility index (Phi) is 10.7. The highest BCUT2D eigenvalue weighted by Crippen LogP contribution is 2.37. The maximum atomic E-state index is 12.8. The zero-order valence-electron chi connectivity index (χ0n) is 19.4. The average Bonchev–Trinajstić information content (AvgIpc) is 3.63. The second kappa shape index (κ2) is 13.0. The highest BCUT2D eigenvalue weighted by atomic mass is 35.5. The number of nitrogens with one attached hydrogen (secondary N) is 1. The fourth-order valence-corrected chi connectivity index (χ4v) is 3.75. The van der Waals surface area contributed by atoms with Gasteiger partial charge in [0.2, 0.25) is 6.29 Å². The van der Waals surface area contributed by atoms with Crippen molar-refractivity contribution in [2.24, 2.45) is 5.92 Å². The summed E-state index contributed by atoms with van der Waals surface area (Å²) in [5.74, 6) is 0.346. The summed E-state index contributed by atoms with van der Waals surface area (Å²) in [4.78, 5) is 28.2. The largest absolute Gasteiger partial charge is 0.446 e. The van der Waals surface area contributed by atoms with Crippen LogP contribution in [0.3, 0.4) is 0 Å². The van der Waals surface area contributed by atoms with Crippen LogP contribution in [0.15, 0.2) is 24.4 Å². The molecule has 3 rings (SSSR count). The normalized spacial score (nSPS) is 14.5. The van der Waals surface area contributed by atoms with Crippen molar-refractivity contribution in [1.82, 2.24) is 9.88 Å². The fourth-order valence-electron chi connectivity index (χ4n) is 3.58. The Morgan fingerprint density at radius 2 is 2.03 bits per heavy atom. The van der Waals surface area contributed by atoms with E-state index in [-0.39, 0.29) is 24.3 Å². The molecule has 1 aliphatic rings. The molecule has 1 aromatic heterocycles. The molecule has 1 aromatic carbocycles. The maximum absolute atomic E-state index is 12.8. The Morgan fingerprint density at radius 1 is 1.35 bits per heavy atom. The fraction of sp³-hybridized carbons (Fsp3) is 0.542. The first-order valence-electron chi connectivity index (χ1n) is 11.3. The third kappa shape index (κ3) is 8.85. The van der Waals surface area contributed by atoms with E-state index in [1.807, 2.05) is 18.2 Å². The second-order valence-corrected chi connectivity index (χ2v) is 8.79. The Hall–Kier alpha value is -2.23. The van der Waals surface area contributed by atoms with Crippen LogP contribution in [-0.2, 0) is 4.79 Å². The summed E-state index contributed by atoms with van der Waals surface area (Å²) in [6, 6.07) is 5.86. The van der Waals surface area contributed by atoms with E-state index in [4.69, 9.17) is 21.5 Å². The number of hydrogen-bond acceptors (Lipinski definition) is 6. The number of nitrogens with zero attached hydrogens (tertiary/aromatic N) is 2. The van der Waals surface area contributed by atoms with Crippen molar-refractivity contribution in [3.63, 3.8) is 0 Å². The first-order chi connectivity index (χ1) is 16.1. The minimum Gasteiger partial charge on any atom is -0.395 e. The zero-order valence-corrected chi connectivity index (χ0v) is 20.1. The van der Waals surface area contributed by atoms with E-state index in [0.717, 1.165) is 55.4 Å². The van der Waals surface area contributed by atoms with E-state index in [2.05, 4.69) is 29.0 Å². The lowest BCUT2D eigenvalue weighted by Crippen LogP contribution is -2.29. The number of likely N-dealkylation sites (N-methyl/N-ethyl adjacent to an activating group) is 1. The zero-order chi connectivity index (χ0) is 25.3. The molecule has 0 bridgehead atoms. The van der Waals surface area contributed by atoms with Gasteiger partial charge in [-0.05, 0) is 63.9 Å². The van der Waals surface area contributed by atoms with Crippen molar-refractivity contribution in [1.29, 1.82) is 0 Å².